The van der Waals surface area contributed by atoms with Crippen molar-refractivity contribution in [2.24, 2.45) is 5.92 Å². The van der Waals surface area contributed by atoms with Gasteiger partial charge in [-0.2, -0.15) is 0 Å². The van der Waals surface area contributed by atoms with Gasteiger partial charge in [-0.3, -0.25) is 4.90 Å². The molecule has 1 fully saturated rings. The number of rotatable bonds is 3. The Morgan fingerprint density at radius 1 is 1.56 bits per heavy atom. The van der Waals surface area contributed by atoms with E-state index in [1.54, 1.807) is 0 Å². The minimum atomic E-state index is -0.410. The molecule has 1 rings (SSSR count). The van der Waals surface area contributed by atoms with Gasteiger partial charge in [-0.15, -0.1) is 0 Å². The Kier molecular flexibility index (Phi) is 4.85. The standard InChI is InChI=1S/C11H21IN2O2/c1-8(12)14-6-9(7-14)5-13-10(15)16-11(2,3)4/h8-9H,5-7H2,1-4H3,(H,13,15). The Balaban J connectivity index is 2.11. The van der Waals surface area contributed by atoms with Gasteiger partial charge in [0, 0.05) is 25.6 Å². The van der Waals surface area contributed by atoms with Crippen molar-refractivity contribution in [2.75, 3.05) is 19.6 Å². The Morgan fingerprint density at radius 3 is 2.56 bits per heavy atom. The zero-order chi connectivity index (χ0) is 12.3. The largest absolute Gasteiger partial charge is 0.444 e. The van der Waals surface area contributed by atoms with Crippen LogP contribution in [0.15, 0.2) is 0 Å². The van der Waals surface area contributed by atoms with Crippen molar-refractivity contribution in [2.45, 2.75) is 37.3 Å². The van der Waals surface area contributed by atoms with Crippen molar-refractivity contribution >= 4 is 28.7 Å². The van der Waals surface area contributed by atoms with E-state index < -0.39 is 5.60 Å². The number of alkyl halides is 1. The average Bonchev–Trinajstić information content (AvgIpc) is 1.96. The van der Waals surface area contributed by atoms with Crippen LogP contribution in [0.4, 0.5) is 4.79 Å². The molecule has 94 valence electrons. The summed E-state index contributed by atoms with van der Waals surface area (Å²) in [7, 11) is 0. The minimum Gasteiger partial charge on any atom is -0.444 e. The molecular weight excluding hydrogens is 319 g/mol. The first-order chi connectivity index (χ1) is 7.28. The highest BCUT2D eigenvalue weighted by Crippen LogP contribution is 2.20. The second-order valence-corrected chi connectivity index (χ2v) is 7.08. The SMILES string of the molecule is CC(I)N1CC(CNC(=O)OC(C)(C)C)C1. The quantitative estimate of drug-likeness (QED) is 0.487. The van der Waals surface area contributed by atoms with Gasteiger partial charge in [0.1, 0.15) is 5.60 Å². The highest BCUT2D eigenvalue weighted by atomic mass is 127. The molecule has 1 amide bonds. The molecule has 1 N–H and O–H groups in total. The molecule has 1 aliphatic rings. The number of halogens is 1. The number of carbonyl (C=O) groups is 1. The van der Waals surface area contributed by atoms with Gasteiger partial charge in [0.05, 0.1) is 4.05 Å². The first kappa shape index (κ1) is 14.0. The molecule has 0 spiro atoms. The van der Waals surface area contributed by atoms with Crippen LogP contribution >= 0.6 is 22.6 Å². The van der Waals surface area contributed by atoms with E-state index in [4.69, 9.17) is 4.74 Å². The normalized spacial score (nSPS) is 20.1. The molecule has 1 atom stereocenters. The van der Waals surface area contributed by atoms with Crippen LogP contribution in [0.2, 0.25) is 0 Å². The molecule has 5 heteroatoms. The van der Waals surface area contributed by atoms with E-state index in [2.05, 4.69) is 39.7 Å². The van der Waals surface area contributed by atoms with E-state index in [0.717, 1.165) is 19.6 Å². The van der Waals surface area contributed by atoms with Gasteiger partial charge >= 0.3 is 6.09 Å². The molecule has 0 bridgehead atoms. The number of nitrogens with one attached hydrogen (secondary N) is 1. The van der Waals surface area contributed by atoms with Crippen molar-refractivity contribution in [3.05, 3.63) is 0 Å². The van der Waals surface area contributed by atoms with E-state index in [1.165, 1.54) is 0 Å². The van der Waals surface area contributed by atoms with Crippen LogP contribution in [0.25, 0.3) is 0 Å². The molecule has 0 saturated carbocycles. The lowest BCUT2D eigenvalue weighted by Crippen LogP contribution is -2.53. The molecule has 0 radical (unpaired) electrons. The predicted octanol–water partition coefficient (Wildman–Crippen LogP) is 2.22. The van der Waals surface area contributed by atoms with Gasteiger partial charge in [0.25, 0.3) is 0 Å². The summed E-state index contributed by atoms with van der Waals surface area (Å²) in [6.45, 7) is 10.6. The van der Waals surface area contributed by atoms with Crippen molar-refractivity contribution < 1.29 is 9.53 Å². The Labute approximate surface area is 111 Å². The summed E-state index contributed by atoms with van der Waals surface area (Å²) in [5.41, 5.74) is -0.410. The van der Waals surface area contributed by atoms with Gasteiger partial charge in [0.2, 0.25) is 0 Å². The molecule has 0 aromatic heterocycles. The summed E-state index contributed by atoms with van der Waals surface area (Å²) in [5.74, 6) is 0.574. The van der Waals surface area contributed by atoms with E-state index in [9.17, 15) is 4.79 Å². The summed E-state index contributed by atoms with van der Waals surface area (Å²) in [6, 6.07) is 0. The maximum atomic E-state index is 11.4. The fourth-order valence-corrected chi connectivity index (χ4v) is 2.03. The van der Waals surface area contributed by atoms with Gasteiger partial charge in [-0.25, -0.2) is 4.79 Å². The molecule has 1 heterocycles. The highest BCUT2D eigenvalue weighted by Gasteiger charge is 2.29. The number of ether oxygens (including phenoxy) is 1. The maximum Gasteiger partial charge on any atom is 0.407 e. The Morgan fingerprint density at radius 2 is 2.12 bits per heavy atom. The fourth-order valence-electron chi connectivity index (χ4n) is 1.57. The van der Waals surface area contributed by atoms with Gasteiger partial charge < -0.3 is 10.1 Å². The summed E-state index contributed by atoms with van der Waals surface area (Å²) < 4.78 is 5.74. The maximum absolute atomic E-state index is 11.4. The first-order valence-electron chi connectivity index (χ1n) is 5.63. The summed E-state index contributed by atoms with van der Waals surface area (Å²) in [4.78, 5) is 13.7. The van der Waals surface area contributed by atoms with Crippen LogP contribution in [0.3, 0.4) is 0 Å². The second kappa shape index (κ2) is 5.53. The van der Waals surface area contributed by atoms with Gasteiger partial charge in [-0.05, 0) is 27.7 Å². The molecule has 4 nitrogen and oxygen atoms in total. The van der Waals surface area contributed by atoms with E-state index in [0.29, 0.717) is 9.97 Å². The zero-order valence-electron chi connectivity index (χ0n) is 10.4. The monoisotopic (exact) mass is 340 g/mol. The minimum absolute atomic E-state index is 0.312. The Hall–Kier alpha value is -0.0400. The number of amides is 1. The topological polar surface area (TPSA) is 41.6 Å². The lowest BCUT2D eigenvalue weighted by Gasteiger charge is -2.41. The average molecular weight is 340 g/mol. The molecule has 1 unspecified atom stereocenters. The summed E-state index contributed by atoms with van der Waals surface area (Å²) in [5, 5.41) is 2.81. The number of hydrogen-bond acceptors (Lipinski definition) is 3. The highest BCUT2D eigenvalue weighted by molar-refractivity contribution is 14.1. The number of carbonyl (C=O) groups excluding carboxylic acids is 1. The van der Waals surface area contributed by atoms with Gasteiger partial charge in [0.15, 0.2) is 0 Å². The second-order valence-electron chi connectivity index (χ2n) is 5.28. The molecule has 0 aromatic carbocycles. The van der Waals surface area contributed by atoms with Crippen LogP contribution < -0.4 is 5.32 Å². The Bertz CT molecular complexity index is 245. The van der Waals surface area contributed by atoms with Crippen molar-refractivity contribution in [3.8, 4) is 0 Å². The van der Waals surface area contributed by atoms with Crippen molar-refractivity contribution in [1.82, 2.24) is 10.2 Å². The van der Waals surface area contributed by atoms with Crippen molar-refractivity contribution in [1.29, 1.82) is 0 Å². The molecule has 16 heavy (non-hydrogen) atoms. The molecule has 0 aliphatic carbocycles. The lowest BCUT2D eigenvalue weighted by molar-refractivity contribution is 0.0465. The number of likely N-dealkylation sites (tertiary alicyclic amines) is 1. The zero-order valence-corrected chi connectivity index (χ0v) is 12.6. The van der Waals surface area contributed by atoms with Crippen LogP contribution in [-0.2, 0) is 4.74 Å². The third-order valence-corrected chi connectivity index (χ3v) is 3.21. The molecule has 1 aliphatic heterocycles. The summed E-state index contributed by atoms with van der Waals surface area (Å²) >= 11 is 2.40. The van der Waals surface area contributed by atoms with Crippen LogP contribution in [0.1, 0.15) is 27.7 Å². The lowest BCUT2D eigenvalue weighted by atomic mass is 10.0. The van der Waals surface area contributed by atoms with E-state index in [1.807, 2.05) is 20.8 Å². The van der Waals surface area contributed by atoms with Gasteiger partial charge in [-0.1, -0.05) is 22.6 Å². The summed E-state index contributed by atoms with van der Waals surface area (Å²) in [6.07, 6.45) is -0.312. The van der Waals surface area contributed by atoms with E-state index >= 15 is 0 Å². The van der Waals surface area contributed by atoms with Crippen molar-refractivity contribution in [3.63, 3.8) is 0 Å². The fraction of sp³-hybridized carbons (Fsp3) is 0.909. The number of alkyl carbamates (subject to hydrolysis) is 1. The number of nitrogens with zero attached hydrogens (tertiary/aromatic N) is 1. The third kappa shape index (κ3) is 4.86. The smallest absolute Gasteiger partial charge is 0.407 e. The third-order valence-electron chi connectivity index (χ3n) is 2.42. The molecule has 1 saturated heterocycles. The first-order valence-corrected chi connectivity index (χ1v) is 6.87. The van der Waals surface area contributed by atoms with Crippen LogP contribution in [0.5, 0.6) is 0 Å². The van der Waals surface area contributed by atoms with Crippen LogP contribution in [0, 0.1) is 5.92 Å². The molecular formula is C11H21IN2O2. The van der Waals surface area contributed by atoms with Crippen LogP contribution in [-0.4, -0.2) is 40.3 Å². The number of hydrogen-bond donors (Lipinski definition) is 1. The van der Waals surface area contributed by atoms with E-state index in [-0.39, 0.29) is 6.09 Å². The molecule has 0 aromatic rings. The predicted molar refractivity (Wildman–Crippen MR) is 72.8 cm³/mol.